The normalized spacial score (nSPS) is 16.5. The van der Waals surface area contributed by atoms with E-state index < -0.39 is 10.0 Å². The van der Waals surface area contributed by atoms with E-state index in [1.54, 1.807) is 36.6 Å². The van der Waals surface area contributed by atoms with Crippen LogP contribution in [0.15, 0.2) is 58.0 Å². The van der Waals surface area contributed by atoms with Gasteiger partial charge in [0.15, 0.2) is 0 Å². The predicted octanol–water partition coefficient (Wildman–Crippen LogP) is 2.43. The molecular formula is C19H24N2O4S. The highest BCUT2D eigenvalue weighted by atomic mass is 32.2. The molecule has 0 spiro atoms. The van der Waals surface area contributed by atoms with E-state index >= 15 is 0 Å². The summed E-state index contributed by atoms with van der Waals surface area (Å²) in [6, 6.07) is 12.2. The number of carbonyl (C=O) groups is 1. The van der Waals surface area contributed by atoms with E-state index in [0.29, 0.717) is 50.2 Å². The van der Waals surface area contributed by atoms with Crippen molar-refractivity contribution in [2.24, 2.45) is 5.92 Å². The van der Waals surface area contributed by atoms with Crippen molar-refractivity contribution < 1.29 is 17.6 Å². The molecule has 2 heterocycles. The Bertz CT molecular complexity index is 795. The van der Waals surface area contributed by atoms with Gasteiger partial charge in [-0.1, -0.05) is 18.2 Å². The summed E-state index contributed by atoms with van der Waals surface area (Å²) in [5.41, 5.74) is 0. The summed E-state index contributed by atoms with van der Waals surface area (Å²) in [5.74, 6) is 1.09. The first-order chi connectivity index (χ1) is 12.6. The van der Waals surface area contributed by atoms with Gasteiger partial charge in [0.1, 0.15) is 5.76 Å². The molecule has 1 aromatic heterocycles. The molecule has 0 unspecified atom stereocenters. The van der Waals surface area contributed by atoms with Crippen LogP contribution in [0.3, 0.4) is 0 Å². The lowest BCUT2D eigenvalue weighted by Crippen LogP contribution is -2.39. The van der Waals surface area contributed by atoms with Gasteiger partial charge in [0, 0.05) is 32.5 Å². The van der Waals surface area contributed by atoms with Gasteiger partial charge in [-0.15, -0.1) is 0 Å². The number of furan rings is 1. The van der Waals surface area contributed by atoms with E-state index in [1.807, 2.05) is 12.1 Å². The van der Waals surface area contributed by atoms with E-state index in [1.165, 1.54) is 4.31 Å². The van der Waals surface area contributed by atoms with Gasteiger partial charge < -0.3 is 9.73 Å². The van der Waals surface area contributed by atoms with Crippen LogP contribution in [0.25, 0.3) is 0 Å². The zero-order chi connectivity index (χ0) is 18.4. The number of sulfonamides is 1. The van der Waals surface area contributed by atoms with E-state index in [-0.39, 0.29) is 11.8 Å². The number of nitrogens with one attached hydrogen (secondary N) is 1. The number of rotatable bonds is 7. The average molecular weight is 376 g/mol. The van der Waals surface area contributed by atoms with Crippen LogP contribution in [0.1, 0.15) is 25.0 Å². The summed E-state index contributed by atoms with van der Waals surface area (Å²) >= 11 is 0. The lowest BCUT2D eigenvalue weighted by atomic mass is 9.94. The van der Waals surface area contributed by atoms with Gasteiger partial charge in [-0.05, 0) is 43.0 Å². The van der Waals surface area contributed by atoms with Crippen molar-refractivity contribution in [2.45, 2.75) is 30.6 Å². The number of amides is 1. The highest BCUT2D eigenvalue weighted by Crippen LogP contribution is 2.25. The summed E-state index contributed by atoms with van der Waals surface area (Å²) in [4.78, 5) is 12.4. The fourth-order valence-electron chi connectivity index (χ4n) is 3.21. The maximum atomic E-state index is 12.6. The molecule has 1 fully saturated rings. The van der Waals surface area contributed by atoms with Crippen LogP contribution < -0.4 is 5.32 Å². The summed E-state index contributed by atoms with van der Waals surface area (Å²) in [6.45, 7) is 1.47. The van der Waals surface area contributed by atoms with E-state index in [0.717, 1.165) is 5.76 Å². The monoisotopic (exact) mass is 376 g/mol. The second-order valence-electron chi connectivity index (χ2n) is 6.54. The van der Waals surface area contributed by atoms with Crippen LogP contribution in [-0.2, 0) is 21.2 Å². The van der Waals surface area contributed by atoms with Gasteiger partial charge in [0.2, 0.25) is 15.9 Å². The van der Waals surface area contributed by atoms with Crippen LogP contribution in [0, 0.1) is 5.92 Å². The third-order valence-electron chi connectivity index (χ3n) is 4.70. The molecule has 2 aromatic rings. The minimum atomic E-state index is -3.43. The molecule has 0 radical (unpaired) electrons. The molecule has 26 heavy (non-hydrogen) atoms. The molecule has 1 aromatic carbocycles. The Morgan fingerprint density at radius 1 is 1.12 bits per heavy atom. The molecule has 7 heteroatoms. The molecule has 1 aliphatic heterocycles. The minimum Gasteiger partial charge on any atom is -0.469 e. The van der Waals surface area contributed by atoms with Crippen molar-refractivity contribution in [2.75, 3.05) is 19.6 Å². The number of hydrogen-bond donors (Lipinski definition) is 1. The third-order valence-corrected chi connectivity index (χ3v) is 6.62. The second-order valence-corrected chi connectivity index (χ2v) is 8.48. The summed E-state index contributed by atoms with van der Waals surface area (Å²) in [5, 5.41) is 2.90. The van der Waals surface area contributed by atoms with Crippen molar-refractivity contribution in [1.29, 1.82) is 0 Å². The van der Waals surface area contributed by atoms with Gasteiger partial charge in [-0.25, -0.2) is 8.42 Å². The quantitative estimate of drug-likeness (QED) is 0.805. The van der Waals surface area contributed by atoms with Crippen molar-refractivity contribution in [1.82, 2.24) is 9.62 Å². The zero-order valence-corrected chi connectivity index (χ0v) is 15.5. The number of piperidine rings is 1. The van der Waals surface area contributed by atoms with Crippen molar-refractivity contribution >= 4 is 15.9 Å². The molecule has 3 rings (SSSR count). The maximum Gasteiger partial charge on any atom is 0.243 e. The highest BCUT2D eigenvalue weighted by Gasteiger charge is 2.29. The Morgan fingerprint density at radius 2 is 1.85 bits per heavy atom. The van der Waals surface area contributed by atoms with Crippen LogP contribution in [0.2, 0.25) is 0 Å². The Labute approximate surface area is 154 Å². The molecule has 1 saturated heterocycles. The molecule has 1 aliphatic rings. The summed E-state index contributed by atoms with van der Waals surface area (Å²) in [7, 11) is -3.43. The average Bonchev–Trinajstić information content (AvgIpc) is 3.16. The SMILES string of the molecule is O=C(CC1CCN(S(=O)(=O)c2ccccc2)CC1)NCCc1ccco1. The van der Waals surface area contributed by atoms with Crippen LogP contribution >= 0.6 is 0 Å². The van der Waals surface area contributed by atoms with Crippen LogP contribution in [-0.4, -0.2) is 38.3 Å². The van der Waals surface area contributed by atoms with E-state index in [2.05, 4.69) is 5.32 Å². The first kappa shape index (κ1) is 18.7. The van der Waals surface area contributed by atoms with E-state index in [9.17, 15) is 13.2 Å². The summed E-state index contributed by atoms with van der Waals surface area (Å²) < 4.78 is 32.0. The number of nitrogens with zero attached hydrogens (tertiary/aromatic N) is 1. The smallest absolute Gasteiger partial charge is 0.243 e. The standard InChI is InChI=1S/C19H24N2O4S/c22-19(20-11-8-17-5-4-14-25-17)15-16-9-12-21(13-10-16)26(23,24)18-6-2-1-3-7-18/h1-7,14,16H,8-13,15H2,(H,20,22). The highest BCUT2D eigenvalue weighted by molar-refractivity contribution is 7.89. The van der Waals surface area contributed by atoms with Crippen molar-refractivity contribution in [3.05, 3.63) is 54.5 Å². The second kappa shape index (κ2) is 8.51. The molecule has 1 N–H and O–H groups in total. The molecule has 6 nitrogen and oxygen atoms in total. The molecular weight excluding hydrogens is 352 g/mol. The molecule has 140 valence electrons. The molecule has 1 amide bonds. The third kappa shape index (κ3) is 4.74. The fourth-order valence-corrected chi connectivity index (χ4v) is 4.70. The zero-order valence-electron chi connectivity index (χ0n) is 14.6. The Balaban J connectivity index is 1.43. The van der Waals surface area contributed by atoms with Gasteiger partial charge in [0.25, 0.3) is 0 Å². The van der Waals surface area contributed by atoms with E-state index in [4.69, 9.17) is 4.42 Å². The molecule has 0 bridgehead atoms. The van der Waals surface area contributed by atoms with Crippen molar-refractivity contribution in [3.63, 3.8) is 0 Å². The fraction of sp³-hybridized carbons (Fsp3) is 0.421. The van der Waals surface area contributed by atoms with Gasteiger partial charge in [-0.3, -0.25) is 4.79 Å². The molecule has 0 aliphatic carbocycles. The molecule has 0 saturated carbocycles. The van der Waals surface area contributed by atoms with Gasteiger partial charge in [0.05, 0.1) is 11.2 Å². The first-order valence-electron chi connectivity index (χ1n) is 8.90. The topological polar surface area (TPSA) is 79.6 Å². The number of benzene rings is 1. The van der Waals surface area contributed by atoms with Gasteiger partial charge >= 0.3 is 0 Å². The number of carbonyl (C=O) groups excluding carboxylic acids is 1. The Hall–Kier alpha value is -2.12. The lowest BCUT2D eigenvalue weighted by molar-refractivity contribution is -0.122. The van der Waals surface area contributed by atoms with Crippen LogP contribution in [0.4, 0.5) is 0 Å². The largest absolute Gasteiger partial charge is 0.469 e. The van der Waals surface area contributed by atoms with Gasteiger partial charge in [-0.2, -0.15) is 4.31 Å². The Morgan fingerprint density at radius 3 is 2.50 bits per heavy atom. The summed E-state index contributed by atoms with van der Waals surface area (Å²) in [6.07, 6.45) is 4.15. The number of hydrogen-bond acceptors (Lipinski definition) is 4. The first-order valence-corrected chi connectivity index (χ1v) is 10.3. The van der Waals surface area contributed by atoms with Crippen molar-refractivity contribution in [3.8, 4) is 0 Å². The minimum absolute atomic E-state index is 0.0147. The Kier molecular flexibility index (Phi) is 6.11. The van der Waals surface area contributed by atoms with Crippen LogP contribution in [0.5, 0.6) is 0 Å². The predicted molar refractivity (Wildman–Crippen MR) is 98.0 cm³/mol. The molecule has 0 atom stereocenters. The maximum absolute atomic E-state index is 12.6. The lowest BCUT2D eigenvalue weighted by Gasteiger charge is -2.31.